The second-order valence-corrected chi connectivity index (χ2v) is 6.58. The first-order chi connectivity index (χ1) is 12.6. The fraction of sp³-hybridized carbons (Fsp3) is 0.500. The Bertz CT molecular complexity index is 754. The number of unbranched alkanes of at least 4 members (excludes halogenated alkanes) is 1. The van der Waals surface area contributed by atoms with Crippen LogP contribution in [-0.2, 0) is 4.79 Å². The van der Waals surface area contributed by atoms with Gasteiger partial charge in [0.25, 0.3) is 0 Å². The molecule has 0 aliphatic rings. The number of nitrogens with zero attached hydrogens (tertiary/aromatic N) is 5. The molecule has 2 rings (SSSR count). The van der Waals surface area contributed by atoms with Crippen LogP contribution in [0.15, 0.2) is 28.4 Å². The summed E-state index contributed by atoms with van der Waals surface area (Å²) >= 11 is 1.20. The average molecular weight is 375 g/mol. The smallest absolute Gasteiger partial charge is 0.249 e. The van der Waals surface area contributed by atoms with Gasteiger partial charge in [-0.25, -0.2) is 4.98 Å². The molecule has 0 spiro atoms. The van der Waals surface area contributed by atoms with Crippen LogP contribution in [-0.4, -0.2) is 28.4 Å². The molecule has 1 aromatic carbocycles. The van der Waals surface area contributed by atoms with Crippen molar-refractivity contribution >= 4 is 39.6 Å². The van der Waals surface area contributed by atoms with Crippen molar-refractivity contribution < 1.29 is 4.79 Å². The van der Waals surface area contributed by atoms with Crippen LogP contribution >= 0.6 is 11.5 Å². The first-order valence-corrected chi connectivity index (χ1v) is 9.75. The molecule has 0 aliphatic carbocycles. The Labute approximate surface area is 158 Å². The van der Waals surface area contributed by atoms with E-state index in [2.05, 4.69) is 50.6 Å². The lowest BCUT2D eigenvalue weighted by Crippen LogP contribution is -2.22. The van der Waals surface area contributed by atoms with Crippen molar-refractivity contribution in [3.63, 3.8) is 0 Å². The Morgan fingerprint density at radius 1 is 1.23 bits per heavy atom. The quantitative estimate of drug-likeness (QED) is 0.609. The maximum Gasteiger partial charge on any atom is 0.249 e. The molecule has 7 nitrogen and oxygen atoms in total. The number of benzene rings is 1. The predicted molar refractivity (Wildman–Crippen MR) is 107 cm³/mol. The van der Waals surface area contributed by atoms with Crippen LogP contribution in [0.3, 0.4) is 0 Å². The number of carbonyl (C=O) groups excluding carboxylic acids is 1. The zero-order valence-corrected chi connectivity index (χ0v) is 16.6. The summed E-state index contributed by atoms with van der Waals surface area (Å²) in [5.41, 5.74) is 2.32. The van der Waals surface area contributed by atoms with Crippen molar-refractivity contribution in [3.05, 3.63) is 24.0 Å². The summed E-state index contributed by atoms with van der Waals surface area (Å²) in [5.74, 6) is 0.667. The van der Waals surface area contributed by atoms with E-state index in [1.807, 2.05) is 25.1 Å². The minimum Gasteiger partial charge on any atom is -0.372 e. The third-order valence-electron chi connectivity index (χ3n) is 3.90. The highest BCUT2D eigenvalue weighted by atomic mass is 32.1. The molecule has 0 radical (unpaired) electrons. The molecule has 0 aliphatic heterocycles. The lowest BCUT2D eigenvalue weighted by molar-refractivity contribution is -0.116. The number of aryl methyl sites for hydroxylation is 1. The SMILES string of the molecule is CCCCC(=O)Nc1cc(N(CC)CC)ccc1/N=N/c1nc(C)ns1. The van der Waals surface area contributed by atoms with Crippen molar-refractivity contribution in [2.24, 2.45) is 10.2 Å². The van der Waals surface area contributed by atoms with Gasteiger partial charge in [-0.2, -0.15) is 4.37 Å². The molecule has 0 bridgehead atoms. The molecular formula is C18H26N6OS. The minimum absolute atomic E-state index is 0.00763. The zero-order valence-electron chi connectivity index (χ0n) is 15.8. The van der Waals surface area contributed by atoms with E-state index in [4.69, 9.17) is 0 Å². The van der Waals surface area contributed by atoms with Crippen LogP contribution in [0, 0.1) is 6.92 Å². The fourth-order valence-electron chi connectivity index (χ4n) is 2.47. The third kappa shape index (κ3) is 5.59. The molecule has 1 aromatic heterocycles. The molecule has 0 saturated carbocycles. The van der Waals surface area contributed by atoms with Gasteiger partial charge in [0.2, 0.25) is 11.0 Å². The number of hydrogen-bond acceptors (Lipinski definition) is 7. The molecule has 0 unspecified atom stereocenters. The highest BCUT2D eigenvalue weighted by Crippen LogP contribution is 2.32. The van der Waals surface area contributed by atoms with Gasteiger partial charge in [0.1, 0.15) is 11.5 Å². The number of hydrogen-bond donors (Lipinski definition) is 1. The van der Waals surface area contributed by atoms with Crippen LogP contribution in [0.2, 0.25) is 0 Å². The van der Waals surface area contributed by atoms with Crippen molar-refractivity contribution in [1.29, 1.82) is 0 Å². The average Bonchev–Trinajstić information content (AvgIpc) is 3.05. The number of nitrogens with one attached hydrogen (secondary N) is 1. The van der Waals surface area contributed by atoms with E-state index >= 15 is 0 Å². The summed E-state index contributed by atoms with van der Waals surface area (Å²) < 4.78 is 4.09. The Morgan fingerprint density at radius 3 is 2.62 bits per heavy atom. The normalized spacial score (nSPS) is 11.1. The van der Waals surface area contributed by atoms with Gasteiger partial charge in [-0.05, 0) is 45.4 Å². The molecule has 0 saturated heterocycles. The first-order valence-electron chi connectivity index (χ1n) is 8.98. The summed E-state index contributed by atoms with van der Waals surface area (Å²) in [6.07, 6.45) is 2.34. The number of rotatable bonds is 9. The van der Waals surface area contributed by atoms with E-state index in [0.717, 1.165) is 31.6 Å². The first kappa shape index (κ1) is 20.0. The number of anilines is 2. The molecular weight excluding hydrogens is 348 g/mol. The summed E-state index contributed by atoms with van der Waals surface area (Å²) in [6, 6.07) is 5.82. The summed E-state index contributed by atoms with van der Waals surface area (Å²) in [5, 5.41) is 11.9. The maximum absolute atomic E-state index is 12.2. The second kappa shape index (κ2) is 9.96. The highest BCUT2D eigenvalue weighted by Gasteiger charge is 2.11. The largest absolute Gasteiger partial charge is 0.372 e. The highest BCUT2D eigenvalue weighted by molar-refractivity contribution is 7.09. The number of amides is 1. The Kier molecular flexibility index (Phi) is 7.65. The van der Waals surface area contributed by atoms with Crippen LogP contribution in [0.25, 0.3) is 0 Å². The van der Waals surface area contributed by atoms with Gasteiger partial charge >= 0.3 is 0 Å². The molecule has 26 heavy (non-hydrogen) atoms. The van der Waals surface area contributed by atoms with E-state index in [9.17, 15) is 4.79 Å². The van der Waals surface area contributed by atoms with Crippen LogP contribution in [0.5, 0.6) is 0 Å². The van der Waals surface area contributed by atoms with Crippen LogP contribution < -0.4 is 10.2 Å². The monoisotopic (exact) mass is 374 g/mol. The number of carbonyl (C=O) groups is 1. The molecule has 1 heterocycles. The Hall–Kier alpha value is -2.35. The molecule has 0 fully saturated rings. The topological polar surface area (TPSA) is 82.8 Å². The van der Waals surface area contributed by atoms with E-state index in [-0.39, 0.29) is 5.91 Å². The van der Waals surface area contributed by atoms with E-state index in [1.165, 1.54) is 11.5 Å². The van der Waals surface area contributed by atoms with Gasteiger partial charge in [0, 0.05) is 36.7 Å². The van der Waals surface area contributed by atoms with E-state index in [1.54, 1.807) is 0 Å². The molecule has 8 heteroatoms. The van der Waals surface area contributed by atoms with E-state index < -0.39 is 0 Å². The van der Waals surface area contributed by atoms with Crippen LogP contribution in [0.1, 0.15) is 45.9 Å². The van der Waals surface area contributed by atoms with Crippen molar-refractivity contribution in [2.75, 3.05) is 23.3 Å². The second-order valence-electron chi connectivity index (χ2n) is 5.85. The van der Waals surface area contributed by atoms with E-state index in [0.29, 0.717) is 28.8 Å². The molecule has 140 valence electrons. The molecule has 2 aromatic rings. The number of aromatic nitrogens is 2. The molecule has 1 amide bonds. The zero-order chi connectivity index (χ0) is 18.9. The summed E-state index contributed by atoms with van der Waals surface area (Å²) in [6.45, 7) is 9.88. The molecule has 1 N–H and O–H groups in total. The lowest BCUT2D eigenvalue weighted by atomic mass is 10.2. The van der Waals surface area contributed by atoms with Gasteiger partial charge in [-0.15, -0.1) is 10.2 Å². The van der Waals surface area contributed by atoms with Crippen LogP contribution in [0.4, 0.5) is 22.2 Å². The standard InChI is InChI=1S/C18H26N6OS/c1-5-8-9-17(25)20-16-12-14(24(6-2)7-3)10-11-15(16)21-22-18-19-13(4)23-26-18/h10-12H,5-9H2,1-4H3,(H,20,25)/b22-21+. The third-order valence-corrected chi connectivity index (χ3v) is 4.59. The number of azo groups is 1. The minimum atomic E-state index is -0.00763. The summed E-state index contributed by atoms with van der Waals surface area (Å²) in [7, 11) is 0. The van der Waals surface area contributed by atoms with Crippen molar-refractivity contribution in [2.45, 2.75) is 47.0 Å². The lowest BCUT2D eigenvalue weighted by Gasteiger charge is -2.22. The Balaban J connectivity index is 2.29. The molecule has 0 atom stereocenters. The van der Waals surface area contributed by atoms with Gasteiger partial charge in [0.15, 0.2) is 0 Å². The summed E-state index contributed by atoms with van der Waals surface area (Å²) in [4.78, 5) is 18.6. The van der Waals surface area contributed by atoms with Gasteiger partial charge in [0.05, 0.1) is 5.69 Å². The van der Waals surface area contributed by atoms with Gasteiger partial charge in [-0.3, -0.25) is 4.79 Å². The van der Waals surface area contributed by atoms with Gasteiger partial charge < -0.3 is 10.2 Å². The van der Waals surface area contributed by atoms with Crippen molar-refractivity contribution in [3.8, 4) is 0 Å². The maximum atomic E-state index is 12.2. The van der Waals surface area contributed by atoms with Gasteiger partial charge in [-0.1, -0.05) is 13.3 Å². The van der Waals surface area contributed by atoms with Crippen molar-refractivity contribution in [1.82, 2.24) is 9.36 Å². The Morgan fingerprint density at radius 2 is 2.00 bits per heavy atom. The fourth-order valence-corrected chi connectivity index (χ4v) is 2.98. The predicted octanol–water partition coefficient (Wildman–Crippen LogP) is 5.24.